The van der Waals surface area contributed by atoms with Crippen LogP contribution in [0.25, 0.3) is 5.57 Å². The van der Waals surface area contributed by atoms with Crippen molar-refractivity contribution in [2.75, 3.05) is 0 Å². The summed E-state index contributed by atoms with van der Waals surface area (Å²) in [6.07, 6.45) is 12.8. The molecule has 0 bridgehead atoms. The van der Waals surface area contributed by atoms with Gasteiger partial charge in [0.2, 0.25) is 0 Å². The summed E-state index contributed by atoms with van der Waals surface area (Å²) in [5.74, 6) is -0.389. The van der Waals surface area contributed by atoms with Gasteiger partial charge in [0.15, 0.2) is 5.15 Å². The lowest BCUT2D eigenvalue weighted by molar-refractivity contribution is 0.210. The number of aromatic nitrogens is 6. The van der Waals surface area contributed by atoms with E-state index in [0.29, 0.717) is 16.5 Å². The number of hydrogen-bond acceptors (Lipinski definition) is 6. The van der Waals surface area contributed by atoms with E-state index in [9.17, 15) is 8.78 Å². The van der Waals surface area contributed by atoms with Gasteiger partial charge in [-0.25, -0.2) is 8.78 Å². The number of pyridine rings is 2. The van der Waals surface area contributed by atoms with E-state index in [2.05, 4.69) is 36.9 Å². The fraction of sp³-hybridized carbons (Fsp3) is 0.394. The lowest BCUT2D eigenvalue weighted by Gasteiger charge is -2.41. The standard InChI is InChI=1S/C18H20FN3.C15H15ClFN3/c1-13(2)16-7-6-14(21-22-16)8-11-18(9-4-10-18)17-15(19)5-3-12-20-17;16-13-5-4-11(19-20-13)6-9-15(7-2-8-15)14-12(17)3-1-10-18-14/h3,5-7,12H,1,4,8-11H2,2H3;1,3-5,10H,2,6-9H2. The smallest absolute Gasteiger partial charge is 0.151 e. The Kier molecular flexibility index (Phi) is 9.31. The quantitative estimate of drug-likeness (QED) is 0.198. The Morgan fingerprint density at radius 3 is 1.60 bits per heavy atom. The van der Waals surface area contributed by atoms with E-state index in [1.165, 1.54) is 12.1 Å². The topological polar surface area (TPSA) is 77.3 Å². The average molecular weight is 589 g/mol. The highest BCUT2D eigenvalue weighted by molar-refractivity contribution is 6.29. The van der Waals surface area contributed by atoms with Crippen LogP contribution in [0.2, 0.25) is 5.15 Å². The van der Waals surface area contributed by atoms with Gasteiger partial charge in [-0.05, 0) is 112 Å². The summed E-state index contributed by atoms with van der Waals surface area (Å²) in [6, 6.07) is 13.8. The van der Waals surface area contributed by atoms with E-state index in [1.807, 2.05) is 25.1 Å². The number of rotatable bonds is 9. The third kappa shape index (κ3) is 6.70. The van der Waals surface area contributed by atoms with E-state index in [0.717, 1.165) is 86.9 Å². The first-order valence-electron chi connectivity index (χ1n) is 14.5. The Morgan fingerprint density at radius 1 is 0.738 bits per heavy atom. The summed E-state index contributed by atoms with van der Waals surface area (Å²) in [5.41, 5.74) is 4.51. The van der Waals surface area contributed by atoms with Crippen LogP contribution in [0.5, 0.6) is 0 Å². The van der Waals surface area contributed by atoms with Crippen molar-refractivity contribution in [3.05, 3.63) is 113 Å². The van der Waals surface area contributed by atoms with E-state index >= 15 is 0 Å². The first-order chi connectivity index (χ1) is 20.3. The molecule has 0 N–H and O–H groups in total. The van der Waals surface area contributed by atoms with Gasteiger partial charge >= 0.3 is 0 Å². The molecule has 42 heavy (non-hydrogen) atoms. The van der Waals surface area contributed by atoms with Crippen LogP contribution < -0.4 is 0 Å². The number of allylic oxidation sites excluding steroid dienone is 1. The molecule has 0 amide bonds. The van der Waals surface area contributed by atoms with Crippen LogP contribution in [0.15, 0.2) is 67.5 Å². The molecule has 4 aromatic heterocycles. The molecule has 2 saturated carbocycles. The second-order valence-electron chi connectivity index (χ2n) is 11.5. The number of nitrogens with zero attached hydrogens (tertiary/aromatic N) is 6. The highest BCUT2D eigenvalue weighted by Gasteiger charge is 2.42. The third-order valence-corrected chi connectivity index (χ3v) is 8.91. The summed E-state index contributed by atoms with van der Waals surface area (Å²) < 4.78 is 28.0. The van der Waals surface area contributed by atoms with E-state index < -0.39 is 0 Å². The van der Waals surface area contributed by atoms with Crippen molar-refractivity contribution in [3.8, 4) is 0 Å². The lowest BCUT2D eigenvalue weighted by Crippen LogP contribution is -2.36. The first-order valence-corrected chi connectivity index (χ1v) is 14.9. The van der Waals surface area contributed by atoms with Crippen LogP contribution in [-0.4, -0.2) is 30.4 Å². The van der Waals surface area contributed by atoms with Gasteiger partial charge < -0.3 is 0 Å². The van der Waals surface area contributed by atoms with Crippen LogP contribution in [0, 0.1) is 11.6 Å². The second kappa shape index (κ2) is 13.1. The number of aryl methyl sites for hydroxylation is 2. The van der Waals surface area contributed by atoms with Gasteiger partial charge in [0.05, 0.1) is 28.5 Å². The molecular weight excluding hydrogens is 554 g/mol. The minimum absolute atomic E-state index is 0.125. The molecule has 0 unspecified atom stereocenters. The number of halogens is 3. The molecule has 9 heteroatoms. The van der Waals surface area contributed by atoms with Crippen molar-refractivity contribution in [2.45, 2.75) is 82.0 Å². The normalized spacial score (nSPS) is 16.4. The SMILES string of the molecule is C=C(C)c1ccc(CCC2(c3ncccc3F)CCC2)nn1.Fc1cccnc1C1(CCc2ccc(Cl)nn2)CCC1. The van der Waals surface area contributed by atoms with Crippen LogP contribution in [0.4, 0.5) is 8.78 Å². The molecule has 2 fully saturated rings. The van der Waals surface area contributed by atoms with Gasteiger partial charge in [0.25, 0.3) is 0 Å². The largest absolute Gasteiger partial charge is 0.258 e. The molecule has 218 valence electrons. The van der Waals surface area contributed by atoms with Gasteiger partial charge in [-0.1, -0.05) is 31.0 Å². The highest BCUT2D eigenvalue weighted by atomic mass is 35.5. The Hall–Kier alpha value is -3.65. The van der Waals surface area contributed by atoms with Crippen molar-refractivity contribution < 1.29 is 8.78 Å². The summed E-state index contributed by atoms with van der Waals surface area (Å²) in [7, 11) is 0. The molecule has 6 nitrogen and oxygen atoms in total. The van der Waals surface area contributed by atoms with E-state index in [-0.39, 0.29) is 22.5 Å². The van der Waals surface area contributed by atoms with Crippen molar-refractivity contribution in [1.29, 1.82) is 0 Å². The molecule has 0 atom stereocenters. The molecule has 2 aliphatic rings. The predicted octanol–water partition coefficient (Wildman–Crippen LogP) is 7.82. The van der Waals surface area contributed by atoms with Gasteiger partial charge in [-0.15, -0.1) is 5.10 Å². The molecule has 6 rings (SSSR count). The summed E-state index contributed by atoms with van der Waals surface area (Å²) >= 11 is 5.72. The molecule has 0 radical (unpaired) electrons. The maximum Gasteiger partial charge on any atom is 0.151 e. The molecule has 4 heterocycles. The molecule has 0 saturated heterocycles. The Labute approximate surface area is 250 Å². The van der Waals surface area contributed by atoms with Crippen molar-refractivity contribution in [2.24, 2.45) is 0 Å². The average Bonchev–Trinajstić information content (AvgIpc) is 2.95. The summed E-state index contributed by atoms with van der Waals surface area (Å²) in [6.45, 7) is 5.77. The van der Waals surface area contributed by atoms with Crippen LogP contribution in [0.3, 0.4) is 0 Å². The molecular formula is C33H35ClF2N6. The maximum atomic E-state index is 14.1. The minimum atomic E-state index is -0.200. The van der Waals surface area contributed by atoms with Crippen molar-refractivity contribution in [3.63, 3.8) is 0 Å². The van der Waals surface area contributed by atoms with Gasteiger partial charge in [-0.2, -0.15) is 15.3 Å². The Morgan fingerprint density at radius 2 is 1.24 bits per heavy atom. The first kappa shape index (κ1) is 29.8. The predicted molar refractivity (Wildman–Crippen MR) is 160 cm³/mol. The van der Waals surface area contributed by atoms with Crippen LogP contribution >= 0.6 is 11.6 Å². The Balaban J connectivity index is 0.000000169. The van der Waals surface area contributed by atoms with Gasteiger partial charge in [-0.3, -0.25) is 9.97 Å². The fourth-order valence-electron chi connectivity index (χ4n) is 5.90. The van der Waals surface area contributed by atoms with E-state index in [4.69, 9.17) is 11.6 Å². The zero-order valence-corrected chi connectivity index (χ0v) is 24.6. The zero-order valence-electron chi connectivity index (χ0n) is 23.9. The highest BCUT2D eigenvalue weighted by Crippen LogP contribution is 2.48. The summed E-state index contributed by atoms with van der Waals surface area (Å²) in [4.78, 5) is 8.57. The van der Waals surface area contributed by atoms with Crippen molar-refractivity contribution in [1.82, 2.24) is 30.4 Å². The van der Waals surface area contributed by atoms with Gasteiger partial charge in [0, 0.05) is 23.2 Å². The minimum Gasteiger partial charge on any atom is -0.258 e. The summed E-state index contributed by atoms with van der Waals surface area (Å²) in [5, 5.41) is 16.7. The molecule has 0 aliphatic heterocycles. The Bertz CT molecular complexity index is 1500. The zero-order chi connectivity index (χ0) is 29.6. The van der Waals surface area contributed by atoms with Crippen LogP contribution in [-0.2, 0) is 23.7 Å². The molecule has 4 aromatic rings. The third-order valence-electron chi connectivity index (χ3n) is 8.71. The second-order valence-corrected chi connectivity index (χ2v) is 11.9. The monoisotopic (exact) mass is 588 g/mol. The maximum absolute atomic E-state index is 14.1. The van der Waals surface area contributed by atoms with Crippen molar-refractivity contribution >= 4 is 17.2 Å². The number of hydrogen-bond donors (Lipinski definition) is 0. The van der Waals surface area contributed by atoms with E-state index in [1.54, 1.807) is 30.6 Å². The fourth-order valence-corrected chi connectivity index (χ4v) is 6.00. The van der Waals surface area contributed by atoms with Gasteiger partial charge in [0.1, 0.15) is 11.6 Å². The molecule has 0 spiro atoms. The molecule has 0 aromatic carbocycles. The lowest BCUT2D eigenvalue weighted by atomic mass is 9.63. The molecule has 2 aliphatic carbocycles. The van der Waals surface area contributed by atoms with Crippen LogP contribution in [0.1, 0.15) is 86.8 Å².